The molecule has 0 fully saturated rings. The highest BCUT2D eigenvalue weighted by atomic mass is 19.4. The topological polar surface area (TPSA) is 48.0 Å². The number of fused-ring (bicyclic) bond motifs is 3. The smallest absolute Gasteiger partial charge is 0.366 e. The number of aromatic nitrogens is 1. The molecule has 3 aromatic carbocycles. The van der Waals surface area contributed by atoms with Crippen LogP contribution in [0.4, 0.5) is 22.0 Å². The van der Waals surface area contributed by atoms with Gasteiger partial charge in [-0.3, -0.25) is 4.79 Å². The van der Waals surface area contributed by atoms with E-state index in [0.29, 0.717) is 5.52 Å². The van der Waals surface area contributed by atoms with Gasteiger partial charge < -0.3 is 10.3 Å². The number of amides is 1. The van der Waals surface area contributed by atoms with Gasteiger partial charge in [-0.15, -0.1) is 0 Å². The highest BCUT2D eigenvalue weighted by Crippen LogP contribution is 2.37. The zero-order chi connectivity index (χ0) is 20.9. The quantitative estimate of drug-likeness (QED) is 0.479. The van der Waals surface area contributed by atoms with Crippen LogP contribution in [0, 0.1) is 17.7 Å². The number of carbonyl (C=O) groups is 1. The van der Waals surface area contributed by atoms with Gasteiger partial charge in [0, 0.05) is 21.9 Å². The van der Waals surface area contributed by atoms with Crippen molar-refractivity contribution in [1.82, 2.24) is 4.57 Å². The molecule has 0 aliphatic rings. The summed E-state index contributed by atoms with van der Waals surface area (Å²) in [6.45, 7) is -0.379. The van der Waals surface area contributed by atoms with Gasteiger partial charge in [-0.2, -0.15) is 13.2 Å². The maximum absolute atomic E-state index is 14.2. The second-order valence-corrected chi connectivity index (χ2v) is 6.50. The summed E-state index contributed by atoms with van der Waals surface area (Å²) in [5.74, 6) is -2.44. The maximum Gasteiger partial charge on any atom is 0.416 e. The minimum Gasteiger partial charge on any atom is -0.366 e. The fourth-order valence-electron chi connectivity index (χ4n) is 3.44. The standard InChI is InChI=1S/C21H12F5N2O/c22-15-4-2-5-16(23)14(15)10-28-17-6-1-3-13(20(27)29)19(17)12-8-7-11(9-18(12)28)21(24,25)26/h1-7,9H,10H2,(H2,27,29). The Bertz CT molecular complexity index is 1250. The molecule has 0 saturated carbocycles. The van der Waals surface area contributed by atoms with E-state index in [2.05, 4.69) is 6.07 Å². The Balaban J connectivity index is 2.09. The van der Waals surface area contributed by atoms with E-state index in [4.69, 9.17) is 5.73 Å². The third kappa shape index (κ3) is 3.10. The van der Waals surface area contributed by atoms with Crippen molar-refractivity contribution in [1.29, 1.82) is 0 Å². The van der Waals surface area contributed by atoms with Crippen molar-refractivity contribution in [3.63, 3.8) is 0 Å². The first kappa shape index (κ1) is 18.9. The summed E-state index contributed by atoms with van der Waals surface area (Å²) in [6.07, 6.45) is -4.64. The Morgan fingerprint density at radius 1 is 1.03 bits per heavy atom. The van der Waals surface area contributed by atoms with E-state index in [1.807, 2.05) is 0 Å². The number of nitrogens with zero attached hydrogens (tertiary/aromatic N) is 1. The van der Waals surface area contributed by atoms with Crippen molar-refractivity contribution < 1.29 is 26.7 Å². The second kappa shape index (κ2) is 6.58. The lowest BCUT2D eigenvalue weighted by Gasteiger charge is -2.11. The lowest BCUT2D eigenvalue weighted by molar-refractivity contribution is -0.137. The van der Waals surface area contributed by atoms with E-state index in [0.717, 1.165) is 24.3 Å². The number of benzene rings is 3. The van der Waals surface area contributed by atoms with Crippen LogP contribution in [-0.4, -0.2) is 10.5 Å². The molecule has 0 aliphatic heterocycles. The van der Waals surface area contributed by atoms with Gasteiger partial charge in [0.2, 0.25) is 5.91 Å². The molecule has 3 nitrogen and oxygen atoms in total. The third-order valence-corrected chi connectivity index (χ3v) is 4.77. The lowest BCUT2D eigenvalue weighted by Crippen LogP contribution is -2.11. The van der Waals surface area contributed by atoms with Crippen LogP contribution in [0.5, 0.6) is 0 Å². The van der Waals surface area contributed by atoms with Crippen molar-refractivity contribution in [2.24, 2.45) is 5.73 Å². The fraction of sp³-hybridized carbons (Fsp3) is 0.0952. The van der Waals surface area contributed by atoms with Gasteiger partial charge in [-0.25, -0.2) is 8.78 Å². The van der Waals surface area contributed by atoms with Crippen LogP contribution in [0.3, 0.4) is 0 Å². The number of carbonyl (C=O) groups excluding carboxylic acids is 1. The molecule has 0 unspecified atom stereocenters. The summed E-state index contributed by atoms with van der Waals surface area (Å²) in [4.78, 5) is 11.9. The molecular weight excluding hydrogens is 391 g/mol. The first-order valence-corrected chi connectivity index (χ1v) is 8.45. The molecule has 4 rings (SSSR count). The highest BCUT2D eigenvalue weighted by molar-refractivity contribution is 6.17. The molecule has 0 atom stereocenters. The first-order valence-electron chi connectivity index (χ1n) is 8.45. The maximum atomic E-state index is 14.2. The second-order valence-electron chi connectivity index (χ2n) is 6.50. The van der Waals surface area contributed by atoms with Crippen LogP contribution in [0.2, 0.25) is 0 Å². The molecular formula is C21H12F5N2O. The first-order chi connectivity index (χ1) is 13.7. The number of rotatable bonds is 3. The van der Waals surface area contributed by atoms with Gasteiger partial charge in [0.05, 0.1) is 23.1 Å². The van der Waals surface area contributed by atoms with Crippen molar-refractivity contribution in [3.05, 3.63) is 82.9 Å². The number of halogens is 5. The average molecular weight is 403 g/mol. The Kier molecular flexibility index (Phi) is 4.29. The molecule has 1 amide bonds. The van der Waals surface area contributed by atoms with Crippen LogP contribution in [0.15, 0.2) is 48.5 Å². The summed E-state index contributed by atoms with van der Waals surface area (Å²) >= 11 is 0. The molecule has 0 spiro atoms. The van der Waals surface area contributed by atoms with E-state index in [1.54, 1.807) is 6.07 Å². The van der Waals surface area contributed by atoms with Gasteiger partial charge in [0.25, 0.3) is 0 Å². The number of hydrogen-bond donors (Lipinski definition) is 1. The van der Waals surface area contributed by atoms with E-state index in [1.165, 1.54) is 22.8 Å². The lowest BCUT2D eigenvalue weighted by atomic mass is 10.0. The van der Waals surface area contributed by atoms with Crippen molar-refractivity contribution in [2.45, 2.75) is 12.7 Å². The molecule has 8 heteroatoms. The molecule has 1 aromatic heterocycles. The van der Waals surface area contributed by atoms with Gasteiger partial charge >= 0.3 is 6.18 Å². The minimum absolute atomic E-state index is 0.0335. The number of hydrogen-bond acceptors (Lipinski definition) is 1. The zero-order valence-corrected chi connectivity index (χ0v) is 14.6. The Labute approximate surface area is 161 Å². The molecule has 147 valence electrons. The van der Waals surface area contributed by atoms with E-state index >= 15 is 0 Å². The van der Waals surface area contributed by atoms with Crippen LogP contribution in [-0.2, 0) is 12.7 Å². The van der Waals surface area contributed by atoms with Crippen molar-refractivity contribution in [3.8, 4) is 0 Å². The molecule has 0 bridgehead atoms. The molecule has 1 heterocycles. The Hall–Kier alpha value is -3.42. The van der Waals surface area contributed by atoms with Crippen LogP contribution >= 0.6 is 0 Å². The van der Waals surface area contributed by atoms with Gasteiger partial charge in [0.15, 0.2) is 0 Å². The number of nitrogens with two attached hydrogens (primary N) is 1. The van der Waals surface area contributed by atoms with Crippen LogP contribution < -0.4 is 5.73 Å². The molecule has 0 aliphatic carbocycles. The average Bonchev–Trinajstić information content (AvgIpc) is 2.97. The molecule has 0 saturated heterocycles. The number of primary amides is 1. The molecule has 29 heavy (non-hydrogen) atoms. The monoisotopic (exact) mass is 403 g/mol. The SMILES string of the molecule is NC(=O)c1cccc2c1c1[c]cc(C(F)(F)F)cc1n2Cc1c(F)cccc1F. The predicted octanol–water partition coefficient (Wildman–Crippen LogP) is 5.04. The summed E-state index contributed by atoms with van der Waals surface area (Å²) in [7, 11) is 0. The van der Waals surface area contributed by atoms with Crippen LogP contribution in [0.1, 0.15) is 21.5 Å². The highest BCUT2D eigenvalue weighted by Gasteiger charge is 2.31. The van der Waals surface area contributed by atoms with Crippen LogP contribution in [0.25, 0.3) is 21.8 Å². The molecule has 4 aromatic rings. The van der Waals surface area contributed by atoms with Gasteiger partial charge in [-0.1, -0.05) is 12.1 Å². The summed E-state index contributed by atoms with van der Waals surface area (Å²) < 4.78 is 69.5. The Morgan fingerprint density at radius 2 is 1.69 bits per heavy atom. The van der Waals surface area contributed by atoms with E-state index < -0.39 is 29.3 Å². The molecule has 2 N–H and O–H groups in total. The summed E-state index contributed by atoms with van der Waals surface area (Å²) in [6, 6.07) is 12.0. The third-order valence-electron chi connectivity index (χ3n) is 4.77. The van der Waals surface area contributed by atoms with Crippen molar-refractivity contribution in [2.75, 3.05) is 0 Å². The predicted molar refractivity (Wildman–Crippen MR) is 97.3 cm³/mol. The zero-order valence-electron chi connectivity index (χ0n) is 14.6. The minimum atomic E-state index is -4.64. The van der Waals surface area contributed by atoms with E-state index in [9.17, 15) is 26.7 Å². The largest absolute Gasteiger partial charge is 0.416 e. The van der Waals surface area contributed by atoms with Crippen molar-refractivity contribution >= 4 is 27.7 Å². The summed E-state index contributed by atoms with van der Waals surface area (Å²) in [5, 5.41) is 0.486. The Morgan fingerprint density at radius 3 is 2.31 bits per heavy atom. The fourth-order valence-corrected chi connectivity index (χ4v) is 3.44. The van der Waals surface area contributed by atoms with Gasteiger partial charge in [-0.05, 0) is 42.5 Å². The molecule has 1 radical (unpaired) electrons. The summed E-state index contributed by atoms with van der Waals surface area (Å²) in [5.41, 5.74) is 4.57. The van der Waals surface area contributed by atoms with Gasteiger partial charge in [0.1, 0.15) is 11.6 Å². The van der Waals surface area contributed by atoms with E-state index in [-0.39, 0.29) is 34.0 Å². The number of alkyl halides is 3. The normalized spacial score (nSPS) is 12.0.